The van der Waals surface area contributed by atoms with E-state index in [-0.39, 0.29) is 12.4 Å². The summed E-state index contributed by atoms with van der Waals surface area (Å²) in [6, 6.07) is 3.04. The largest absolute Gasteiger partial charge is 0.484 e. The summed E-state index contributed by atoms with van der Waals surface area (Å²) in [5, 5.41) is 2.12. The normalized spacial score (nSPS) is 10.4. The number of anilines is 1. The first kappa shape index (κ1) is 10.8. The molecular formula is C10H8F2N2OS. The number of halogens is 2. The molecule has 0 saturated heterocycles. The molecule has 1 aromatic heterocycles. The van der Waals surface area contributed by atoms with Crippen LogP contribution in [0.5, 0.6) is 5.75 Å². The van der Waals surface area contributed by atoms with E-state index in [1.165, 1.54) is 11.3 Å². The van der Waals surface area contributed by atoms with E-state index < -0.39 is 11.6 Å². The lowest BCUT2D eigenvalue weighted by Gasteiger charge is -2.05. The van der Waals surface area contributed by atoms with Gasteiger partial charge in [-0.15, -0.1) is 11.3 Å². The fourth-order valence-corrected chi connectivity index (χ4v) is 1.68. The van der Waals surface area contributed by atoms with Crippen molar-refractivity contribution in [3.63, 3.8) is 0 Å². The minimum atomic E-state index is -0.607. The highest BCUT2D eigenvalue weighted by atomic mass is 32.1. The van der Waals surface area contributed by atoms with Crippen molar-refractivity contribution in [2.24, 2.45) is 0 Å². The van der Waals surface area contributed by atoms with Crippen LogP contribution in [0.25, 0.3) is 0 Å². The molecule has 0 aliphatic rings. The van der Waals surface area contributed by atoms with Gasteiger partial charge in [-0.25, -0.2) is 13.8 Å². The van der Waals surface area contributed by atoms with E-state index in [1.54, 1.807) is 5.38 Å². The second-order valence-corrected chi connectivity index (χ2v) is 3.93. The lowest BCUT2D eigenvalue weighted by molar-refractivity contribution is 0.285. The molecule has 84 valence electrons. The molecule has 0 fully saturated rings. The third-order valence-electron chi connectivity index (χ3n) is 1.84. The van der Waals surface area contributed by atoms with Crippen LogP contribution in [0.3, 0.4) is 0 Å². The predicted octanol–water partition coefficient (Wildman–Crippen LogP) is 2.58. The summed E-state index contributed by atoms with van der Waals surface area (Å²) in [6.07, 6.45) is 0. The lowest BCUT2D eigenvalue weighted by atomic mass is 10.3. The molecule has 2 N–H and O–H groups in total. The van der Waals surface area contributed by atoms with Crippen LogP contribution in [0, 0.1) is 11.6 Å². The summed E-state index contributed by atoms with van der Waals surface area (Å²) < 4.78 is 31.0. The first-order valence-electron chi connectivity index (χ1n) is 4.43. The average molecular weight is 242 g/mol. The first-order chi connectivity index (χ1) is 7.65. The second kappa shape index (κ2) is 4.44. The average Bonchev–Trinajstić information content (AvgIpc) is 2.66. The van der Waals surface area contributed by atoms with Crippen LogP contribution in [0.1, 0.15) is 5.69 Å². The Morgan fingerprint density at radius 2 is 2.19 bits per heavy atom. The molecule has 1 aromatic carbocycles. The van der Waals surface area contributed by atoms with Gasteiger partial charge < -0.3 is 10.5 Å². The van der Waals surface area contributed by atoms with Crippen LogP contribution >= 0.6 is 11.3 Å². The van der Waals surface area contributed by atoms with Crippen LogP contribution in [-0.4, -0.2) is 4.98 Å². The summed E-state index contributed by atoms with van der Waals surface area (Å²) in [7, 11) is 0. The molecule has 0 unspecified atom stereocenters. The van der Waals surface area contributed by atoms with E-state index in [2.05, 4.69) is 4.98 Å². The van der Waals surface area contributed by atoms with E-state index in [9.17, 15) is 8.78 Å². The molecule has 0 aliphatic heterocycles. The van der Waals surface area contributed by atoms with Gasteiger partial charge in [0, 0.05) is 11.4 Å². The maximum atomic E-state index is 13.1. The van der Waals surface area contributed by atoms with Gasteiger partial charge in [0.2, 0.25) is 0 Å². The molecule has 0 atom stereocenters. The van der Waals surface area contributed by atoms with Gasteiger partial charge in [0.25, 0.3) is 0 Å². The number of nitrogens with zero attached hydrogens (tertiary/aromatic N) is 1. The maximum Gasteiger partial charge on any atom is 0.180 e. The quantitative estimate of drug-likeness (QED) is 0.899. The number of hydrogen-bond acceptors (Lipinski definition) is 4. The Bertz CT molecular complexity index is 501. The van der Waals surface area contributed by atoms with E-state index in [1.807, 2.05) is 0 Å². The van der Waals surface area contributed by atoms with Crippen molar-refractivity contribution in [3.8, 4) is 5.75 Å². The fourth-order valence-electron chi connectivity index (χ4n) is 1.13. The van der Waals surface area contributed by atoms with Crippen molar-refractivity contribution >= 4 is 16.5 Å². The Balaban J connectivity index is 2.07. The minimum Gasteiger partial charge on any atom is -0.484 e. The molecule has 6 heteroatoms. The van der Waals surface area contributed by atoms with E-state index >= 15 is 0 Å². The van der Waals surface area contributed by atoms with Crippen LogP contribution < -0.4 is 10.5 Å². The first-order valence-corrected chi connectivity index (χ1v) is 5.31. The maximum absolute atomic E-state index is 13.1. The smallest absolute Gasteiger partial charge is 0.180 e. The molecular weight excluding hydrogens is 234 g/mol. The number of ether oxygens (including phenoxy) is 1. The van der Waals surface area contributed by atoms with Crippen molar-refractivity contribution < 1.29 is 13.5 Å². The number of benzene rings is 1. The Kier molecular flexibility index (Phi) is 3.00. The van der Waals surface area contributed by atoms with Gasteiger partial charge >= 0.3 is 0 Å². The Morgan fingerprint density at radius 3 is 2.88 bits per heavy atom. The monoisotopic (exact) mass is 242 g/mol. The Hall–Kier alpha value is -1.69. The Morgan fingerprint density at radius 1 is 1.38 bits per heavy atom. The van der Waals surface area contributed by atoms with Gasteiger partial charge in [-0.05, 0) is 12.1 Å². The molecule has 0 bridgehead atoms. The molecule has 16 heavy (non-hydrogen) atoms. The van der Waals surface area contributed by atoms with Gasteiger partial charge in [-0.2, -0.15) is 0 Å². The van der Waals surface area contributed by atoms with Crippen molar-refractivity contribution in [1.29, 1.82) is 0 Å². The van der Waals surface area contributed by atoms with Gasteiger partial charge in [-0.3, -0.25) is 0 Å². The van der Waals surface area contributed by atoms with Crippen LogP contribution in [0.2, 0.25) is 0 Å². The lowest BCUT2D eigenvalue weighted by Crippen LogP contribution is -1.98. The molecule has 2 rings (SSSR count). The number of thiazole rings is 1. The van der Waals surface area contributed by atoms with E-state index in [4.69, 9.17) is 10.5 Å². The van der Waals surface area contributed by atoms with Gasteiger partial charge in [-0.1, -0.05) is 0 Å². The SMILES string of the molecule is Nc1nc(COc2cc(F)ccc2F)cs1. The van der Waals surface area contributed by atoms with Gasteiger partial charge in [0.1, 0.15) is 12.4 Å². The summed E-state index contributed by atoms with van der Waals surface area (Å²) >= 11 is 1.27. The van der Waals surface area contributed by atoms with Gasteiger partial charge in [0.05, 0.1) is 5.69 Å². The Labute approximate surface area is 94.5 Å². The highest BCUT2D eigenvalue weighted by Crippen LogP contribution is 2.20. The second-order valence-electron chi connectivity index (χ2n) is 3.04. The standard InChI is InChI=1S/C10H8F2N2OS/c11-6-1-2-8(12)9(3-6)15-4-7-5-16-10(13)14-7/h1-3,5H,4H2,(H2,13,14). The topological polar surface area (TPSA) is 48.1 Å². The summed E-state index contributed by atoms with van der Waals surface area (Å²) in [5.41, 5.74) is 6.01. The van der Waals surface area contributed by atoms with E-state index in [0.29, 0.717) is 10.8 Å². The molecule has 0 spiro atoms. The highest BCUT2D eigenvalue weighted by molar-refractivity contribution is 7.13. The highest BCUT2D eigenvalue weighted by Gasteiger charge is 2.06. The number of aromatic nitrogens is 1. The zero-order valence-corrected chi connectivity index (χ0v) is 8.93. The molecule has 0 amide bonds. The number of rotatable bonds is 3. The summed E-state index contributed by atoms with van der Waals surface area (Å²) in [5.74, 6) is -1.29. The van der Waals surface area contributed by atoms with E-state index in [0.717, 1.165) is 18.2 Å². The predicted molar refractivity (Wildman–Crippen MR) is 57.2 cm³/mol. The molecule has 1 heterocycles. The molecule has 2 aromatic rings. The van der Waals surface area contributed by atoms with Gasteiger partial charge in [0.15, 0.2) is 16.7 Å². The minimum absolute atomic E-state index is 0.0636. The number of hydrogen-bond donors (Lipinski definition) is 1. The van der Waals surface area contributed by atoms with Crippen LogP contribution in [0.4, 0.5) is 13.9 Å². The number of nitrogen functional groups attached to an aromatic ring is 1. The van der Waals surface area contributed by atoms with Crippen molar-refractivity contribution in [2.45, 2.75) is 6.61 Å². The zero-order valence-electron chi connectivity index (χ0n) is 8.11. The third-order valence-corrected chi connectivity index (χ3v) is 2.56. The fraction of sp³-hybridized carbons (Fsp3) is 0.100. The van der Waals surface area contributed by atoms with Crippen LogP contribution in [-0.2, 0) is 6.61 Å². The molecule has 0 saturated carbocycles. The van der Waals surface area contributed by atoms with Crippen molar-refractivity contribution in [2.75, 3.05) is 5.73 Å². The summed E-state index contributed by atoms with van der Waals surface area (Å²) in [6.45, 7) is 0.0636. The number of nitrogens with two attached hydrogens (primary N) is 1. The zero-order chi connectivity index (χ0) is 11.5. The summed E-state index contributed by atoms with van der Waals surface area (Å²) in [4.78, 5) is 3.93. The van der Waals surface area contributed by atoms with Crippen LogP contribution in [0.15, 0.2) is 23.6 Å². The molecule has 3 nitrogen and oxygen atoms in total. The molecule has 0 aliphatic carbocycles. The third kappa shape index (κ3) is 2.46. The molecule has 0 radical (unpaired) electrons. The van der Waals surface area contributed by atoms with Crippen molar-refractivity contribution in [3.05, 3.63) is 40.9 Å². The van der Waals surface area contributed by atoms with Crippen molar-refractivity contribution in [1.82, 2.24) is 4.98 Å².